The highest BCUT2D eigenvalue weighted by molar-refractivity contribution is 4.66. The topological polar surface area (TPSA) is 21.3 Å². The summed E-state index contributed by atoms with van der Waals surface area (Å²) in [7, 11) is 2.01. The van der Waals surface area contributed by atoms with Gasteiger partial charge in [-0.1, -0.05) is 40.0 Å². The van der Waals surface area contributed by atoms with Crippen molar-refractivity contribution in [2.75, 3.05) is 20.3 Å². The summed E-state index contributed by atoms with van der Waals surface area (Å²) in [5.41, 5.74) is 0. The molecular formula is C12H27NO. The Labute approximate surface area is 89.4 Å². The number of hydrogen-bond donors (Lipinski definition) is 1. The molecule has 0 aliphatic heterocycles. The van der Waals surface area contributed by atoms with Crippen LogP contribution in [0, 0.1) is 5.92 Å². The maximum absolute atomic E-state index is 5.63. The highest BCUT2D eigenvalue weighted by Crippen LogP contribution is 2.03. The molecule has 0 aromatic carbocycles. The van der Waals surface area contributed by atoms with E-state index in [0.29, 0.717) is 12.0 Å². The molecule has 0 aliphatic rings. The first-order chi connectivity index (χ1) is 6.72. The molecule has 14 heavy (non-hydrogen) atoms. The van der Waals surface area contributed by atoms with Crippen molar-refractivity contribution in [3.8, 4) is 0 Å². The monoisotopic (exact) mass is 201 g/mol. The van der Waals surface area contributed by atoms with Crippen LogP contribution in [0.4, 0.5) is 0 Å². The van der Waals surface area contributed by atoms with E-state index in [1.165, 1.54) is 25.7 Å². The minimum atomic E-state index is 0.501. The zero-order valence-electron chi connectivity index (χ0n) is 10.3. The molecule has 2 heteroatoms. The van der Waals surface area contributed by atoms with Crippen LogP contribution in [0.15, 0.2) is 0 Å². The fourth-order valence-corrected chi connectivity index (χ4v) is 1.45. The number of likely N-dealkylation sites (N-methyl/N-ethyl adjacent to an activating group) is 1. The lowest BCUT2D eigenvalue weighted by molar-refractivity contribution is 0.0974. The largest absolute Gasteiger partial charge is 0.380 e. The third-order valence-electron chi connectivity index (χ3n) is 2.62. The van der Waals surface area contributed by atoms with E-state index in [9.17, 15) is 0 Å². The normalized spacial score (nSPS) is 13.5. The summed E-state index contributed by atoms with van der Waals surface area (Å²) >= 11 is 0. The third-order valence-corrected chi connectivity index (χ3v) is 2.62. The molecule has 0 bridgehead atoms. The lowest BCUT2D eigenvalue weighted by Crippen LogP contribution is -2.35. The highest BCUT2D eigenvalue weighted by atomic mass is 16.5. The van der Waals surface area contributed by atoms with Crippen molar-refractivity contribution in [2.24, 2.45) is 5.92 Å². The van der Waals surface area contributed by atoms with Gasteiger partial charge in [0, 0.05) is 12.6 Å². The minimum Gasteiger partial charge on any atom is -0.380 e. The molecule has 0 fully saturated rings. The van der Waals surface area contributed by atoms with Crippen molar-refractivity contribution in [3.05, 3.63) is 0 Å². The molecular weight excluding hydrogens is 174 g/mol. The molecule has 0 aromatic heterocycles. The van der Waals surface area contributed by atoms with Crippen LogP contribution in [0.25, 0.3) is 0 Å². The third kappa shape index (κ3) is 7.34. The quantitative estimate of drug-likeness (QED) is 0.579. The first-order valence-corrected chi connectivity index (χ1v) is 5.97. The molecule has 0 amide bonds. The summed E-state index contributed by atoms with van der Waals surface area (Å²) in [4.78, 5) is 0. The fraction of sp³-hybridized carbons (Fsp3) is 1.00. The average Bonchev–Trinajstić information content (AvgIpc) is 2.16. The van der Waals surface area contributed by atoms with E-state index < -0.39 is 0 Å². The van der Waals surface area contributed by atoms with Gasteiger partial charge in [-0.25, -0.2) is 0 Å². The van der Waals surface area contributed by atoms with Crippen LogP contribution in [-0.4, -0.2) is 26.3 Å². The molecule has 0 rings (SSSR count). The van der Waals surface area contributed by atoms with Crippen LogP contribution in [-0.2, 0) is 4.74 Å². The summed E-state index contributed by atoms with van der Waals surface area (Å²) in [6.45, 7) is 8.45. The average molecular weight is 201 g/mol. The van der Waals surface area contributed by atoms with E-state index in [-0.39, 0.29) is 0 Å². The van der Waals surface area contributed by atoms with Crippen LogP contribution < -0.4 is 5.32 Å². The molecule has 0 heterocycles. The Morgan fingerprint density at radius 2 is 1.86 bits per heavy atom. The van der Waals surface area contributed by atoms with Crippen molar-refractivity contribution in [2.45, 2.75) is 52.5 Å². The van der Waals surface area contributed by atoms with Gasteiger partial charge in [-0.2, -0.15) is 0 Å². The van der Waals surface area contributed by atoms with Gasteiger partial charge in [-0.15, -0.1) is 0 Å². The molecule has 86 valence electrons. The van der Waals surface area contributed by atoms with Gasteiger partial charge in [0.1, 0.15) is 0 Å². The maximum Gasteiger partial charge on any atom is 0.0621 e. The lowest BCUT2D eigenvalue weighted by Gasteiger charge is -2.19. The highest BCUT2D eigenvalue weighted by Gasteiger charge is 2.09. The van der Waals surface area contributed by atoms with E-state index in [1.54, 1.807) is 0 Å². The van der Waals surface area contributed by atoms with Gasteiger partial charge in [0.25, 0.3) is 0 Å². The summed E-state index contributed by atoms with van der Waals surface area (Å²) in [5, 5.41) is 3.28. The van der Waals surface area contributed by atoms with Crippen LogP contribution in [0.1, 0.15) is 46.5 Å². The zero-order valence-corrected chi connectivity index (χ0v) is 10.3. The second-order valence-corrected chi connectivity index (χ2v) is 4.27. The summed E-state index contributed by atoms with van der Waals surface area (Å²) in [6, 6.07) is 0.501. The van der Waals surface area contributed by atoms with Gasteiger partial charge in [0.2, 0.25) is 0 Å². The van der Waals surface area contributed by atoms with Gasteiger partial charge < -0.3 is 10.1 Å². The van der Waals surface area contributed by atoms with E-state index in [0.717, 1.165) is 13.2 Å². The Morgan fingerprint density at radius 1 is 1.14 bits per heavy atom. The van der Waals surface area contributed by atoms with E-state index in [1.807, 2.05) is 7.05 Å². The Hall–Kier alpha value is -0.0800. The van der Waals surface area contributed by atoms with Crippen molar-refractivity contribution in [1.29, 1.82) is 0 Å². The van der Waals surface area contributed by atoms with E-state index in [4.69, 9.17) is 4.74 Å². The number of nitrogens with one attached hydrogen (secondary N) is 1. The molecule has 2 nitrogen and oxygen atoms in total. The molecule has 0 aromatic rings. The molecule has 1 atom stereocenters. The van der Waals surface area contributed by atoms with Gasteiger partial charge in [-0.3, -0.25) is 0 Å². The van der Waals surface area contributed by atoms with Crippen LogP contribution in [0.3, 0.4) is 0 Å². The van der Waals surface area contributed by atoms with Crippen molar-refractivity contribution in [3.63, 3.8) is 0 Å². The zero-order chi connectivity index (χ0) is 10.8. The first-order valence-electron chi connectivity index (χ1n) is 5.97. The van der Waals surface area contributed by atoms with Crippen LogP contribution in [0.5, 0.6) is 0 Å². The fourth-order valence-electron chi connectivity index (χ4n) is 1.45. The lowest BCUT2D eigenvalue weighted by atomic mass is 10.1. The Balaban J connectivity index is 3.25. The Kier molecular flexibility index (Phi) is 9.42. The van der Waals surface area contributed by atoms with Gasteiger partial charge in [0.15, 0.2) is 0 Å². The molecule has 0 aliphatic carbocycles. The van der Waals surface area contributed by atoms with Gasteiger partial charge >= 0.3 is 0 Å². The second-order valence-electron chi connectivity index (χ2n) is 4.27. The number of ether oxygens (including phenoxy) is 1. The summed E-state index contributed by atoms with van der Waals surface area (Å²) in [6.07, 6.45) is 5.15. The second kappa shape index (κ2) is 9.47. The van der Waals surface area contributed by atoms with Crippen molar-refractivity contribution < 1.29 is 4.74 Å². The summed E-state index contributed by atoms with van der Waals surface area (Å²) in [5.74, 6) is 0.649. The van der Waals surface area contributed by atoms with Gasteiger partial charge in [0.05, 0.1) is 6.61 Å². The van der Waals surface area contributed by atoms with E-state index in [2.05, 4.69) is 26.1 Å². The molecule has 0 saturated heterocycles. The molecule has 1 N–H and O–H groups in total. The standard InChI is InChI=1S/C12H27NO/c1-5-6-7-8-9-14-10-12(13-4)11(2)3/h11-13H,5-10H2,1-4H3/t12-/m0/s1. The van der Waals surface area contributed by atoms with Crippen molar-refractivity contribution in [1.82, 2.24) is 5.32 Å². The maximum atomic E-state index is 5.63. The SMILES string of the molecule is CCCCCCOC[C@H](NC)C(C)C. The minimum absolute atomic E-state index is 0.501. The summed E-state index contributed by atoms with van der Waals surface area (Å²) < 4.78 is 5.63. The molecule has 0 radical (unpaired) electrons. The smallest absolute Gasteiger partial charge is 0.0621 e. The van der Waals surface area contributed by atoms with Crippen LogP contribution in [0.2, 0.25) is 0 Å². The van der Waals surface area contributed by atoms with Crippen LogP contribution >= 0.6 is 0 Å². The van der Waals surface area contributed by atoms with E-state index >= 15 is 0 Å². The van der Waals surface area contributed by atoms with Gasteiger partial charge in [-0.05, 0) is 19.4 Å². The Bertz CT molecular complexity index is 115. The molecule has 0 saturated carbocycles. The number of rotatable bonds is 9. The molecule has 0 unspecified atom stereocenters. The number of unbranched alkanes of at least 4 members (excludes halogenated alkanes) is 3. The first kappa shape index (κ1) is 13.9. The Morgan fingerprint density at radius 3 is 2.36 bits per heavy atom. The predicted molar refractivity (Wildman–Crippen MR) is 62.6 cm³/mol. The van der Waals surface area contributed by atoms with Crippen molar-refractivity contribution >= 4 is 0 Å². The number of hydrogen-bond acceptors (Lipinski definition) is 2. The predicted octanol–water partition coefficient (Wildman–Crippen LogP) is 2.83. The molecule has 0 spiro atoms.